The van der Waals surface area contributed by atoms with Gasteiger partial charge in [0.05, 0.1) is 30.2 Å². The lowest BCUT2D eigenvalue weighted by Crippen LogP contribution is -2.15. The molecule has 0 aliphatic rings. The van der Waals surface area contributed by atoms with Gasteiger partial charge in [-0.1, -0.05) is 18.2 Å². The Kier molecular flexibility index (Phi) is 4.70. The van der Waals surface area contributed by atoms with Gasteiger partial charge in [0.15, 0.2) is 5.69 Å². The maximum Gasteiger partial charge on any atom is 0.340 e. The van der Waals surface area contributed by atoms with Gasteiger partial charge in [-0.15, -0.1) is 5.10 Å². The lowest BCUT2D eigenvalue weighted by atomic mass is 10.1. The monoisotopic (exact) mass is 358 g/mol. The van der Waals surface area contributed by atoms with Crippen LogP contribution in [-0.4, -0.2) is 34.0 Å². The van der Waals surface area contributed by atoms with Crippen LogP contribution < -0.4 is 5.32 Å². The first kappa shape index (κ1) is 17.2. The van der Waals surface area contributed by atoms with Crippen LogP contribution in [0, 0.1) is 11.6 Å². The number of halogens is 2. The predicted octanol–water partition coefficient (Wildman–Crippen LogP) is 2.58. The quantitative estimate of drug-likeness (QED) is 0.725. The molecule has 2 aromatic carbocycles. The maximum absolute atomic E-state index is 13.9. The van der Waals surface area contributed by atoms with Crippen LogP contribution in [-0.2, 0) is 4.74 Å². The maximum atomic E-state index is 13.9. The Morgan fingerprint density at radius 2 is 1.85 bits per heavy atom. The molecule has 1 amide bonds. The zero-order valence-electron chi connectivity index (χ0n) is 13.4. The number of nitrogens with one attached hydrogen (secondary N) is 1. The first-order valence-electron chi connectivity index (χ1n) is 7.36. The Hall–Kier alpha value is -3.62. The van der Waals surface area contributed by atoms with E-state index in [0.717, 1.165) is 13.2 Å². The molecule has 3 aromatic rings. The summed E-state index contributed by atoms with van der Waals surface area (Å²) < 4.78 is 32.0. The number of rotatable bonds is 4. The third-order valence-electron chi connectivity index (χ3n) is 3.42. The number of hydrogen-bond donors (Lipinski definition) is 1. The molecule has 0 unspecified atom stereocenters. The number of carbonyl (C=O) groups is 2. The fourth-order valence-corrected chi connectivity index (χ4v) is 2.15. The molecule has 0 aliphatic heterocycles. The van der Waals surface area contributed by atoms with Crippen molar-refractivity contribution in [3.05, 3.63) is 71.6 Å². The molecule has 7 nitrogen and oxygen atoms in total. The number of ether oxygens (including phenoxy) is 1. The fourth-order valence-electron chi connectivity index (χ4n) is 2.15. The van der Waals surface area contributed by atoms with E-state index in [0.29, 0.717) is 11.8 Å². The van der Waals surface area contributed by atoms with Gasteiger partial charge in [-0.05, 0) is 18.2 Å². The van der Waals surface area contributed by atoms with Crippen LogP contribution in [0.5, 0.6) is 0 Å². The van der Waals surface area contributed by atoms with E-state index in [9.17, 15) is 18.4 Å². The van der Waals surface area contributed by atoms with E-state index in [-0.39, 0.29) is 11.4 Å². The van der Waals surface area contributed by atoms with Crippen molar-refractivity contribution in [2.75, 3.05) is 12.4 Å². The first-order valence-corrected chi connectivity index (χ1v) is 7.36. The van der Waals surface area contributed by atoms with E-state index in [1.54, 1.807) is 24.3 Å². The standard InChI is InChI=1S/C17H12F2N4O3/c1-26-17(25)11-7-14(13(19)8-12(11)18)21-16(24)15-9-20-23(22-15)10-5-3-2-4-6-10/h2-9H,1H3,(H,21,24). The number of methoxy groups -OCH3 is 1. The Labute approximate surface area is 146 Å². The number of esters is 1. The Balaban J connectivity index is 1.85. The molecule has 0 bridgehead atoms. The molecule has 1 heterocycles. The van der Waals surface area contributed by atoms with Crippen LogP contribution in [0.1, 0.15) is 20.8 Å². The van der Waals surface area contributed by atoms with Crippen molar-refractivity contribution in [1.29, 1.82) is 0 Å². The smallest absolute Gasteiger partial charge is 0.340 e. The first-order chi connectivity index (χ1) is 12.5. The molecule has 1 N–H and O–H groups in total. The summed E-state index contributed by atoms with van der Waals surface area (Å²) in [6.07, 6.45) is 1.20. The molecule has 9 heteroatoms. The van der Waals surface area contributed by atoms with Gasteiger partial charge in [0.2, 0.25) is 0 Å². The number of nitrogens with zero attached hydrogens (tertiary/aromatic N) is 3. The zero-order valence-corrected chi connectivity index (χ0v) is 13.4. The number of carbonyl (C=O) groups excluding carboxylic acids is 2. The summed E-state index contributed by atoms with van der Waals surface area (Å²) in [7, 11) is 1.06. The summed E-state index contributed by atoms with van der Waals surface area (Å²) in [5.41, 5.74) is -0.340. The molecule has 132 valence electrons. The molecule has 0 spiro atoms. The average molecular weight is 358 g/mol. The van der Waals surface area contributed by atoms with Gasteiger partial charge >= 0.3 is 5.97 Å². The fraction of sp³-hybridized carbons (Fsp3) is 0.0588. The van der Waals surface area contributed by atoms with Gasteiger partial charge in [-0.3, -0.25) is 4.79 Å². The van der Waals surface area contributed by atoms with Crippen LogP contribution in [0.25, 0.3) is 5.69 Å². The molecule has 0 aliphatic carbocycles. The Morgan fingerprint density at radius 3 is 2.54 bits per heavy atom. The molecule has 0 fully saturated rings. The minimum atomic E-state index is -1.10. The Bertz CT molecular complexity index is 973. The highest BCUT2D eigenvalue weighted by Crippen LogP contribution is 2.21. The normalized spacial score (nSPS) is 10.4. The number of amides is 1. The van der Waals surface area contributed by atoms with E-state index in [2.05, 4.69) is 20.3 Å². The van der Waals surface area contributed by atoms with Crippen LogP contribution in [0.4, 0.5) is 14.5 Å². The minimum absolute atomic E-state index is 0.0859. The molecular formula is C17H12F2N4O3. The highest BCUT2D eigenvalue weighted by molar-refractivity contribution is 6.03. The van der Waals surface area contributed by atoms with Crippen molar-refractivity contribution in [3.63, 3.8) is 0 Å². The van der Waals surface area contributed by atoms with Crippen LogP contribution in [0.2, 0.25) is 0 Å². The zero-order chi connectivity index (χ0) is 18.7. The largest absolute Gasteiger partial charge is 0.465 e. The number of anilines is 1. The van der Waals surface area contributed by atoms with E-state index in [4.69, 9.17) is 0 Å². The second kappa shape index (κ2) is 7.09. The Morgan fingerprint density at radius 1 is 1.12 bits per heavy atom. The van der Waals surface area contributed by atoms with Crippen molar-refractivity contribution >= 4 is 17.6 Å². The number of hydrogen-bond acceptors (Lipinski definition) is 5. The molecular weight excluding hydrogens is 346 g/mol. The third kappa shape index (κ3) is 3.41. The van der Waals surface area contributed by atoms with Gasteiger partial charge in [-0.2, -0.15) is 9.90 Å². The van der Waals surface area contributed by atoms with Gasteiger partial charge in [0.25, 0.3) is 5.91 Å². The molecule has 0 saturated heterocycles. The van der Waals surface area contributed by atoms with E-state index in [1.807, 2.05) is 6.07 Å². The average Bonchev–Trinajstić information content (AvgIpc) is 3.14. The third-order valence-corrected chi connectivity index (χ3v) is 3.42. The van der Waals surface area contributed by atoms with Gasteiger partial charge in [0.1, 0.15) is 11.6 Å². The summed E-state index contributed by atoms with van der Waals surface area (Å²) in [6, 6.07) is 10.2. The molecule has 0 saturated carbocycles. The lowest BCUT2D eigenvalue weighted by molar-refractivity contribution is 0.0595. The number of benzene rings is 2. The summed E-state index contributed by atoms with van der Waals surface area (Å²) in [6.45, 7) is 0. The van der Waals surface area contributed by atoms with Crippen molar-refractivity contribution in [2.24, 2.45) is 0 Å². The van der Waals surface area contributed by atoms with Gasteiger partial charge in [0, 0.05) is 6.07 Å². The summed E-state index contributed by atoms with van der Waals surface area (Å²) in [5, 5.41) is 10.2. The van der Waals surface area contributed by atoms with E-state index >= 15 is 0 Å². The van der Waals surface area contributed by atoms with Gasteiger partial charge in [-0.25, -0.2) is 13.6 Å². The van der Waals surface area contributed by atoms with Crippen LogP contribution >= 0.6 is 0 Å². The van der Waals surface area contributed by atoms with E-state index < -0.39 is 29.1 Å². The highest BCUT2D eigenvalue weighted by Gasteiger charge is 2.19. The second-order valence-electron chi connectivity index (χ2n) is 5.11. The van der Waals surface area contributed by atoms with Crippen molar-refractivity contribution < 1.29 is 23.1 Å². The number of para-hydroxylation sites is 1. The van der Waals surface area contributed by atoms with Crippen molar-refractivity contribution in [1.82, 2.24) is 15.0 Å². The molecule has 3 rings (SSSR count). The molecule has 26 heavy (non-hydrogen) atoms. The summed E-state index contributed by atoms with van der Waals surface area (Å²) >= 11 is 0. The highest BCUT2D eigenvalue weighted by atomic mass is 19.1. The van der Waals surface area contributed by atoms with Crippen LogP contribution in [0.3, 0.4) is 0 Å². The SMILES string of the molecule is COC(=O)c1cc(NC(=O)c2cnn(-c3ccccc3)n2)c(F)cc1F. The van der Waals surface area contributed by atoms with Gasteiger partial charge < -0.3 is 10.1 Å². The summed E-state index contributed by atoms with van der Waals surface area (Å²) in [4.78, 5) is 25.0. The number of aromatic nitrogens is 3. The molecule has 0 atom stereocenters. The van der Waals surface area contributed by atoms with Crippen LogP contribution in [0.15, 0.2) is 48.7 Å². The van der Waals surface area contributed by atoms with Crippen molar-refractivity contribution in [3.8, 4) is 5.69 Å². The molecule has 1 aromatic heterocycles. The molecule has 0 radical (unpaired) electrons. The predicted molar refractivity (Wildman–Crippen MR) is 87.0 cm³/mol. The minimum Gasteiger partial charge on any atom is -0.465 e. The lowest BCUT2D eigenvalue weighted by Gasteiger charge is -2.08. The second-order valence-corrected chi connectivity index (χ2v) is 5.11. The van der Waals surface area contributed by atoms with E-state index in [1.165, 1.54) is 11.0 Å². The summed E-state index contributed by atoms with van der Waals surface area (Å²) in [5.74, 6) is -3.90. The van der Waals surface area contributed by atoms with Crippen molar-refractivity contribution in [2.45, 2.75) is 0 Å². The topological polar surface area (TPSA) is 86.1 Å².